The van der Waals surface area contributed by atoms with E-state index in [4.69, 9.17) is 4.74 Å². The van der Waals surface area contributed by atoms with E-state index >= 15 is 0 Å². The molecule has 0 aromatic heterocycles. The minimum absolute atomic E-state index is 0.0237. The van der Waals surface area contributed by atoms with E-state index in [1.165, 1.54) is 12.1 Å². The van der Waals surface area contributed by atoms with Crippen molar-refractivity contribution in [3.8, 4) is 5.75 Å². The van der Waals surface area contributed by atoms with E-state index in [1.807, 2.05) is 5.32 Å². The molecule has 166 valence electrons. The number of benzene rings is 2. The predicted molar refractivity (Wildman–Crippen MR) is 98.4 cm³/mol. The van der Waals surface area contributed by atoms with E-state index in [9.17, 15) is 35.9 Å². The number of rotatable bonds is 6. The average Bonchev–Trinajstić information content (AvgIpc) is 3.50. The zero-order valence-corrected chi connectivity index (χ0v) is 15.7. The van der Waals surface area contributed by atoms with Crippen molar-refractivity contribution in [3.63, 3.8) is 0 Å². The van der Waals surface area contributed by atoms with E-state index in [0.29, 0.717) is 17.8 Å². The number of nitrogens with one attached hydrogen (secondary N) is 2. The van der Waals surface area contributed by atoms with Crippen LogP contribution in [0.1, 0.15) is 24.0 Å². The fourth-order valence-corrected chi connectivity index (χ4v) is 2.63. The van der Waals surface area contributed by atoms with Crippen LogP contribution in [0.2, 0.25) is 0 Å². The van der Waals surface area contributed by atoms with E-state index in [0.717, 1.165) is 12.8 Å². The summed E-state index contributed by atoms with van der Waals surface area (Å²) in [5.74, 6) is -0.937. The second kappa shape index (κ2) is 8.48. The fraction of sp³-hybridized carbons (Fsp3) is 0.300. The van der Waals surface area contributed by atoms with Crippen molar-refractivity contribution in [2.75, 3.05) is 17.2 Å². The number of anilines is 2. The van der Waals surface area contributed by atoms with E-state index < -0.39 is 41.7 Å². The number of amides is 2. The Balaban J connectivity index is 1.65. The van der Waals surface area contributed by atoms with Gasteiger partial charge in [0.2, 0.25) is 5.91 Å². The smallest absolute Gasteiger partial charge is 0.416 e. The molecule has 5 nitrogen and oxygen atoms in total. The summed E-state index contributed by atoms with van der Waals surface area (Å²) in [4.78, 5) is 23.8. The van der Waals surface area contributed by atoms with Crippen molar-refractivity contribution in [3.05, 3.63) is 53.6 Å². The topological polar surface area (TPSA) is 67.4 Å². The van der Waals surface area contributed by atoms with Crippen LogP contribution in [-0.4, -0.2) is 18.4 Å². The molecular formula is C20H16F6N2O3. The van der Waals surface area contributed by atoms with E-state index in [1.54, 1.807) is 12.1 Å². The Morgan fingerprint density at radius 2 is 1.48 bits per heavy atom. The third kappa shape index (κ3) is 6.37. The molecule has 2 aromatic rings. The molecule has 1 saturated carbocycles. The molecule has 2 aromatic carbocycles. The van der Waals surface area contributed by atoms with E-state index in [2.05, 4.69) is 5.32 Å². The number of carbonyl (C=O) groups is 2. The number of hydrogen-bond donors (Lipinski definition) is 2. The highest BCUT2D eigenvalue weighted by molar-refractivity contribution is 5.94. The van der Waals surface area contributed by atoms with Gasteiger partial charge in [0.25, 0.3) is 5.91 Å². The molecule has 0 atom stereocenters. The summed E-state index contributed by atoms with van der Waals surface area (Å²) in [6.45, 7) is -0.669. The molecule has 3 rings (SSSR count). The number of alkyl halides is 6. The molecule has 2 amide bonds. The predicted octanol–water partition coefficient (Wildman–Crippen LogP) is 5.09. The summed E-state index contributed by atoms with van der Waals surface area (Å²) in [6, 6.07) is 6.86. The minimum Gasteiger partial charge on any atom is -0.484 e. The summed E-state index contributed by atoms with van der Waals surface area (Å²) < 4.78 is 82.6. The molecular weight excluding hydrogens is 430 g/mol. The van der Waals surface area contributed by atoms with Crippen molar-refractivity contribution in [2.24, 2.45) is 5.92 Å². The van der Waals surface area contributed by atoms with Crippen molar-refractivity contribution >= 4 is 23.2 Å². The lowest BCUT2D eigenvalue weighted by Crippen LogP contribution is -2.21. The lowest BCUT2D eigenvalue weighted by Gasteiger charge is -2.15. The van der Waals surface area contributed by atoms with E-state index in [-0.39, 0.29) is 23.6 Å². The van der Waals surface area contributed by atoms with Crippen LogP contribution in [0.25, 0.3) is 0 Å². The minimum atomic E-state index is -5.03. The summed E-state index contributed by atoms with van der Waals surface area (Å²) >= 11 is 0. The lowest BCUT2D eigenvalue weighted by molar-refractivity contribution is -0.143. The first-order chi connectivity index (χ1) is 14.4. The highest BCUT2D eigenvalue weighted by Crippen LogP contribution is 2.37. The molecule has 0 saturated heterocycles. The van der Waals surface area contributed by atoms with Gasteiger partial charge in [-0.05, 0) is 43.2 Å². The van der Waals surface area contributed by atoms with Gasteiger partial charge in [-0.25, -0.2) is 0 Å². The van der Waals surface area contributed by atoms with Gasteiger partial charge in [0.05, 0.1) is 11.1 Å². The Bertz CT molecular complexity index is 951. The number of carbonyl (C=O) groups excluding carboxylic acids is 2. The Hall–Kier alpha value is -3.24. The van der Waals surface area contributed by atoms with Gasteiger partial charge in [-0.3, -0.25) is 9.59 Å². The molecule has 1 fully saturated rings. The number of ether oxygens (including phenoxy) is 1. The van der Waals surface area contributed by atoms with Crippen LogP contribution in [-0.2, 0) is 21.9 Å². The first-order valence-corrected chi connectivity index (χ1v) is 9.05. The van der Waals surface area contributed by atoms with Crippen LogP contribution in [0.5, 0.6) is 5.75 Å². The maximum atomic E-state index is 12.9. The van der Waals surface area contributed by atoms with Gasteiger partial charge in [-0.15, -0.1) is 0 Å². The molecule has 1 aliphatic rings. The van der Waals surface area contributed by atoms with Gasteiger partial charge in [0, 0.05) is 23.4 Å². The van der Waals surface area contributed by atoms with Crippen LogP contribution < -0.4 is 15.4 Å². The molecule has 0 heterocycles. The SMILES string of the molecule is O=C(COc1cccc(NC(=O)C2CC2)c1)Nc1cc(C(F)(F)F)cc(C(F)(F)F)c1. The fourth-order valence-electron chi connectivity index (χ4n) is 2.63. The van der Waals surface area contributed by atoms with Crippen LogP contribution in [0, 0.1) is 5.92 Å². The van der Waals surface area contributed by atoms with Crippen LogP contribution in [0.3, 0.4) is 0 Å². The Morgan fingerprint density at radius 1 is 0.871 bits per heavy atom. The molecule has 11 heteroatoms. The maximum Gasteiger partial charge on any atom is 0.416 e. The van der Waals surface area contributed by atoms with Crippen LogP contribution in [0.4, 0.5) is 37.7 Å². The highest BCUT2D eigenvalue weighted by Gasteiger charge is 2.37. The molecule has 0 bridgehead atoms. The lowest BCUT2D eigenvalue weighted by atomic mass is 10.1. The highest BCUT2D eigenvalue weighted by atomic mass is 19.4. The summed E-state index contributed by atoms with van der Waals surface area (Å²) in [5, 5.41) is 4.65. The average molecular weight is 446 g/mol. The molecule has 2 N–H and O–H groups in total. The van der Waals surface area contributed by atoms with Gasteiger partial charge in [-0.1, -0.05) is 6.07 Å². The zero-order chi connectivity index (χ0) is 22.8. The monoisotopic (exact) mass is 446 g/mol. The third-order valence-electron chi connectivity index (χ3n) is 4.29. The summed E-state index contributed by atoms with van der Waals surface area (Å²) in [5.41, 5.74) is -3.32. The van der Waals surface area contributed by atoms with Gasteiger partial charge in [-0.2, -0.15) is 26.3 Å². The number of hydrogen-bond acceptors (Lipinski definition) is 3. The Kier molecular flexibility index (Phi) is 6.14. The van der Waals surface area contributed by atoms with Crippen LogP contribution >= 0.6 is 0 Å². The second-order valence-corrected chi connectivity index (χ2v) is 6.92. The molecule has 1 aliphatic carbocycles. The zero-order valence-electron chi connectivity index (χ0n) is 15.7. The quantitative estimate of drug-likeness (QED) is 0.608. The third-order valence-corrected chi connectivity index (χ3v) is 4.29. The molecule has 31 heavy (non-hydrogen) atoms. The van der Waals surface area contributed by atoms with Gasteiger partial charge < -0.3 is 15.4 Å². The summed E-state index contributed by atoms with van der Waals surface area (Å²) in [7, 11) is 0. The summed E-state index contributed by atoms with van der Waals surface area (Å²) in [6.07, 6.45) is -8.42. The first kappa shape index (κ1) is 22.4. The molecule has 0 radical (unpaired) electrons. The molecule has 0 spiro atoms. The second-order valence-electron chi connectivity index (χ2n) is 6.92. The van der Waals surface area contributed by atoms with Gasteiger partial charge >= 0.3 is 12.4 Å². The van der Waals surface area contributed by atoms with Crippen molar-refractivity contribution in [2.45, 2.75) is 25.2 Å². The van der Waals surface area contributed by atoms with Gasteiger partial charge in [0.15, 0.2) is 6.61 Å². The van der Waals surface area contributed by atoms with Crippen molar-refractivity contribution in [1.29, 1.82) is 0 Å². The van der Waals surface area contributed by atoms with Gasteiger partial charge in [0.1, 0.15) is 5.75 Å². The van der Waals surface area contributed by atoms with Crippen LogP contribution in [0.15, 0.2) is 42.5 Å². The Morgan fingerprint density at radius 3 is 2.03 bits per heavy atom. The molecule has 0 aliphatic heterocycles. The van der Waals surface area contributed by atoms with Crippen molar-refractivity contribution < 1.29 is 40.7 Å². The maximum absolute atomic E-state index is 12.9. The Labute approximate surface area is 172 Å². The molecule has 0 unspecified atom stereocenters. The van der Waals surface area contributed by atoms with Crippen molar-refractivity contribution in [1.82, 2.24) is 0 Å². The normalized spacial score (nSPS) is 14.1. The first-order valence-electron chi connectivity index (χ1n) is 9.05. The number of halogens is 6. The standard InChI is InChI=1S/C20H16F6N2O3/c21-19(22,23)12-6-13(20(24,25)26)8-15(7-12)27-17(29)10-31-16-3-1-2-14(9-16)28-18(30)11-4-5-11/h1-3,6-9,11H,4-5,10H2,(H,27,29)(H,28,30). The largest absolute Gasteiger partial charge is 0.484 e.